The highest BCUT2D eigenvalue weighted by Gasteiger charge is 2.37. The Balaban J connectivity index is 2.27. The lowest BCUT2D eigenvalue weighted by atomic mass is 10.2. The molecule has 1 heterocycles. The maximum atomic E-state index is 12.7. The van der Waals surface area contributed by atoms with E-state index >= 15 is 0 Å². The third-order valence-electron chi connectivity index (χ3n) is 2.38. The SMILES string of the molecule is Cn1cc(NC(=O)c2ccccc2)c(C(F)(F)F)n1. The highest BCUT2D eigenvalue weighted by molar-refractivity contribution is 6.04. The van der Waals surface area contributed by atoms with E-state index in [0.29, 0.717) is 0 Å². The van der Waals surface area contributed by atoms with E-state index < -0.39 is 17.8 Å². The first-order chi connectivity index (χ1) is 8.88. The molecule has 0 fully saturated rings. The number of aryl methyl sites for hydroxylation is 1. The minimum atomic E-state index is -4.61. The Labute approximate surface area is 106 Å². The summed E-state index contributed by atoms with van der Waals surface area (Å²) in [5.74, 6) is -0.612. The first kappa shape index (κ1) is 13.1. The summed E-state index contributed by atoms with van der Waals surface area (Å²) in [6.45, 7) is 0. The predicted molar refractivity (Wildman–Crippen MR) is 62.6 cm³/mol. The van der Waals surface area contributed by atoms with Crippen LogP contribution in [0.3, 0.4) is 0 Å². The molecule has 0 atom stereocenters. The highest BCUT2D eigenvalue weighted by Crippen LogP contribution is 2.33. The van der Waals surface area contributed by atoms with E-state index in [9.17, 15) is 18.0 Å². The summed E-state index contributed by atoms with van der Waals surface area (Å²) < 4.78 is 39.1. The van der Waals surface area contributed by atoms with Gasteiger partial charge in [-0.05, 0) is 12.1 Å². The average Bonchev–Trinajstić information content (AvgIpc) is 2.71. The van der Waals surface area contributed by atoms with Gasteiger partial charge in [0.05, 0.1) is 5.69 Å². The number of alkyl halides is 3. The van der Waals surface area contributed by atoms with Crippen molar-refractivity contribution in [2.75, 3.05) is 5.32 Å². The first-order valence-corrected chi connectivity index (χ1v) is 5.35. The van der Waals surface area contributed by atoms with Gasteiger partial charge in [0.15, 0.2) is 5.69 Å². The quantitative estimate of drug-likeness (QED) is 0.911. The molecule has 2 aromatic rings. The van der Waals surface area contributed by atoms with Crippen LogP contribution in [-0.2, 0) is 13.2 Å². The zero-order valence-corrected chi connectivity index (χ0v) is 9.90. The molecule has 0 aliphatic carbocycles. The average molecular weight is 269 g/mol. The lowest BCUT2D eigenvalue weighted by Crippen LogP contribution is -2.15. The molecule has 1 aromatic carbocycles. The Hall–Kier alpha value is -2.31. The van der Waals surface area contributed by atoms with Crippen LogP contribution in [-0.4, -0.2) is 15.7 Å². The van der Waals surface area contributed by atoms with Crippen LogP contribution in [0.2, 0.25) is 0 Å². The Morgan fingerprint density at radius 1 is 1.26 bits per heavy atom. The summed E-state index contributed by atoms with van der Waals surface area (Å²) in [6.07, 6.45) is -3.50. The van der Waals surface area contributed by atoms with E-state index in [4.69, 9.17) is 0 Å². The maximum absolute atomic E-state index is 12.7. The number of rotatable bonds is 2. The number of halogens is 3. The number of nitrogens with one attached hydrogen (secondary N) is 1. The van der Waals surface area contributed by atoms with Crippen molar-refractivity contribution in [1.29, 1.82) is 0 Å². The minimum Gasteiger partial charge on any atom is -0.319 e. The Morgan fingerprint density at radius 2 is 1.89 bits per heavy atom. The largest absolute Gasteiger partial charge is 0.437 e. The fraction of sp³-hybridized carbons (Fsp3) is 0.167. The number of benzene rings is 1. The summed E-state index contributed by atoms with van der Waals surface area (Å²) >= 11 is 0. The monoisotopic (exact) mass is 269 g/mol. The van der Waals surface area contributed by atoms with E-state index in [-0.39, 0.29) is 11.3 Å². The zero-order valence-electron chi connectivity index (χ0n) is 9.90. The van der Waals surface area contributed by atoms with Crippen molar-refractivity contribution in [3.8, 4) is 0 Å². The first-order valence-electron chi connectivity index (χ1n) is 5.35. The van der Waals surface area contributed by atoms with E-state index in [2.05, 4.69) is 10.4 Å². The molecule has 1 N–H and O–H groups in total. The Kier molecular flexibility index (Phi) is 3.28. The van der Waals surface area contributed by atoms with Crippen LogP contribution in [0.25, 0.3) is 0 Å². The van der Waals surface area contributed by atoms with Gasteiger partial charge in [0, 0.05) is 18.8 Å². The van der Waals surface area contributed by atoms with Crippen molar-refractivity contribution in [3.63, 3.8) is 0 Å². The van der Waals surface area contributed by atoms with Crippen molar-refractivity contribution >= 4 is 11.6 Å². The van der Waals surface area contributed by atoms with Crippen LogP contribution in [0.1, 0.15) is 16.1 Å². The van der Waals surface area contributed by atoms with Crippen LogP contribution < -0.4 is 5.32 Å². The van der Waals surface area contributed by atoms with Crippen molar-refractivity contribution in [1.82, 2.24) is 9.78 Å². The molecule has 0 saturated carbocycles. The van der Waals surface area contributed by atoms with Gasteiger partial charge in [0.25, 0.3) is 5.91 Å². The molecule has 100 valence electrons. The van der Waals surface area contributed by atoms with Gasteiger partial charge in [0.2, 0.25) is 0 Å². The molecular formula is C12H10F3N3O. The number of hydrogen-bond donors (Lipinski definition) is 1. The van der Waals surface area contributed by atoms with Gasteiger partial charge in [0.1, 0.15) is 0 Å². The second-order valence-corrected chi connectivity index (χ2v) is 3.88. The third kappa shape index (κ3) is 2.93. The van der Waals surface area contributed by atoms with Crippen LogP contribution in [0.15, 0.2) is 36.5 Å². The number of carbonyl (C=O) groups excluding carboxylic acids is 1. The maximum Gasteiger partial charge on any atom is 0.437 e. The molecule has 0 aliphatic heterocycles. The number of anilines is 1. The number of hydrogen-bond acceptors (Lipinski definition) is 2. The molecule has 7 heteroatoms. The van der Waals surface area contributed by atoms with Crippen molar-refractivity contribution < 1.29 is 18.0 Å². The number of aromatic nitrogens is 2. The molecule has 0 unspecified atom stereocenters. The molecule has 0 radical (unpaired) electrons. The van der Waals surface area contributed by atoms with E-state index in [1.165, 1.54) is 19.2 Å². The molecule has 0 saturated heterocycles. The fourth-order valence-electron chi connectivity index (χ4n) is 1.57. The molecule has 0 aliphatic rings. The van der Waals surface area contributed by atoms with Crippen molar-refractivity contribution in [3.05, 3.63) is 47.8 Å². The fourth-order valence-corrected chi connectivity index (χ4v) is 1.57. The van der Waals surface area contributed by atoms with Gasteiger partial charge in [-0.25, -0.2) is 0 Å². The molecule has 1 amide bonds. The summed E-state index contributed by atoms with van der Waals surface area (Å²) in [7, 11) is 1.35. The molecular weight excluding hydrogens is 259 g/mol. The molecule has 1 aromatic heterocycles. The molecule has 2 rings (SSSR count). The smallest absolute Gasteiger partial charge is 0.319 e. The molecule has 4 nitrogen and oxygen atoms in total. The number of nitrogens with zero attached hydrogens (tertiary/aromatic N) is 2. The van der Waals surface area contributed by atoms with Gasteiger partial charge >= 0.3 is 6.18 Å². The molecule has 0 bridgehead atoms. The normalized spacial score (nSPS) is 11.4. The lowest BCUT2D eigenvalue weighted by molar-refractivity contribution is -0.140. The second kappa shape index (κ2) is 4.75. The van der Waals surface area contributed by atoms with Crippen LogP contribution in [0.5, 0.6) is 0 Å². The van der Waals surface area contributed by atoms with Crippen LogP contribution in [0, 0.1) is 0 Å². The van der Waals surface area contributed by atoms with Crippen molar-refractivity contribution in [2.45, 2.75) is 6.18 Å². The standard InChI is InChI=1S/C12H10F3N3O/c1-18-7-9(10(17-18)12(13,14)15)16-11(19)8-5-3-2-4-6-8/h2-7H,1H3,(H,16,19). The highest BCUT2D eigenvalue weighted by atomic mass is 19.4. The molecule has 19 heavy (non-hydrogen) atoms. The third-order valence-corrected chi connectivity index (χ3v) is 2.38. The van der Waals surface area contributed by atoms with Gasteiger partial charge in [-0.3, -0.25) is 9.48 Å². The van der Waals surface area contributed by atoms with Gasteiger partial charge < -0.3 is 5.32 Å². The predicted octanol–water partition coefficient (Wildman–Crippen LogP) is 2.69. The molecule has 0 spiro atoms. The topological polar surface area (TPSA) is 46.9 Å². The Bertz CT molecular complexity index is 590. The minimum absolute atomic E-state index is 0.277. The zero-order chi connectivity index (χ0) is 14.0. The second-order valence-electron chi connectivity index (χ2n) is 3.88. The number of carbonyl (C=O) groups is 1. The van der Waals surface area contributed by atoms with Gasteiger partial charge in [-0.2, -0.15) is 18.3 Å². The summed E-state index contributed by atoms with van der Waals surface area (Å²) in [5.41, 5.74) is -1.19. The lowest BCUT2D eigenvalue weighted by Gasteiger charge is -2.07. The summed E-state index contributed by atoms with van der Waals surface area (Å²) in [5, 5.41) is 5.52. The van der Waals surface area contributed by atoms with E-state index in [1.807, 2.05) is 0 Å². The number of amides is 1. The van der Waals surface area contributed by atoms with Crippen LogP contribution >= 0.6 is 0 Å². The van der Waals surface area contributed by atoms with E-state index in [0.717, 1.165) is 10.9 Å². The summed E-state index contributed by atoms with van der Waals surface area (Å²) in [4.78, 5) is 11.8. The van der Waals surface area contributed by atoms with Crippen LogP contribution in [0.4, 0.5) is 18.9 Å². The van der Waals surface area contributed by atoms with E-state index in [1.54, 1.807) is 18.2 Å². The van der Waals surface area contributed by atoms with Crippen molar-refractivity contribution in [2.24, 2.45) is 7.05 Å². The van der Waals surface area contributed by atoms with Gasteiger partial charge in [-0.15, -0.1) is 0 Å². The summed E-state index contributed by atoms with van der Waals surface area (Å²) in [6, 6.07) is 7.99. The van der Waals surface area contributed by atoms with Gasteiger partial charge in [-0.1, -0.05) is 18.2 Å². The Morgan fingerprint density at radius 3 is 2.47 bits per heavy atom.